The van der Waals surface area contributed by atoms with E-state index in [1.807, 2.05) is 30.3 Å². The van der Waals surface area contributed by atoms with Crippen molar-refractivity contribution in [1.29, 1.82) is 0 Å². The maximum Gasteiger partial charge on any atom is 0.160 e. The fourth-order valence-corrected chi connectivity index (χ4v) is 1.91. The molecule has 0 amide bonds. The quantitative estimate of drug-likeness (QED) is 0.633. The lowest BCUT2D eigenvalue weighted by Gasteiger charge is -2.01. The lowest BCUT2D eigenvalue weighted by Crippen LogP contribution is -2.25. The van der Waals surface area contributed by atoms with Crippen LogP contribution in [0.5, 0.6) is 0 Å². The van der Waals surface area contributed by atoms with Crippen LogP contribution in [0.1, 0.15) is 12.0 Å². The van der Waals surface area contributed by atoms with Gasteiger partial charge in [-0.3, -0.25) is 15.6 Å². The van der Waals surface area contributed by atoms with Crippen molar-refractivity contribution in [3.63, 3.8) is 0 Å². The van der Waals surface area contributed by atoms with E-state index in [-0.39, 0.29) is 6.23 Å². The van der Waals surface area contributed by atoms with E-state index in [4.69, 9.17) is 4.84 Å². The summed E-state index contributed by atoms with van der Waals surface area (Å²) >= 11 is 0. The molecule has 0 spiro atoms. The van der Waals surface area contributed by atoms with E-state index in [0.29, 0.717) is 0 Å². The van der Waals surface area contributed by atoms with Gasteiger partial charge in [0.1, 0.15) is 5.70 Å². The zero-order chi connectivity index (χ0) is 10.8. The largest absolute Gasteiger partial charge is 0.286 e. The number of benzene rings is 1. The van der Waals surface area contributed by atoms with E-state index in [2.05, 4.69) is 22.6 Å². The van der Waals surface area contributed by atoms with Crippen molar-refractivity contribution in [2.45, 2.75) is 12.6 Å². The van der Waals surface area contributed by atoms with Crippen LogP contribution >= 0.6 is 0 Å². The minimum absolute atomic E-state index is 0.0278. The summed E-state index contributed by atoms with van der Waals surface area (Å²) in [6.07, 6.45) is 1.04. The molecule has 0 aliphatic carbocycles. The van der Waals surface area contributed by atoms with Crippen LogP contribution in [-0.4, -0.2) is 12.8 Å². The van der Waals surface area contributed by atoms with Crippen molar-refractivity contribution >= 4 is 0 Å². The van der Waals surface area contributed by atoms with E-state index in [0.717, 1.165) is 24.2 Å². The van der Waals surface area contributed by atoms with Crippen LogP contribution in [0.3, 0.4) is 0 Å². The van der Waals surface area contributed by atoms with Gasteiger partial charge in [-0.05, 0) is 24.5 Å². The Bertz CT molecular complexity index is 482. The van der Waals surface area contributed by atoms with Gasteiger partial charge in [-0.1, -0.05) is 24.1 Å². The Labute approximate surface area is 94.5 Å². The predicted octanol–water partition coefficient (Wildman–Crippen LogP) is 1.15. The van der Waals surface area contributed by atoms with Crippen LogP contribution in [-0.2, 0) is 4.84 Å². The first kappa shape index (κ1) is 9.46. The Balaban J connectivity index is 1.86. The summed E-state index contributed by atoms with van der Waals surface area (Å²) in [6.45, 7) is 0.970. The van der Waals surface area contributed by atoms with Crippen molar-refractivity contribution in [1.82, 2.24) is 10.8 Å². The van der Waals surface area contributed by atoms with Crippen LogP contribution in [0.15, 0.2) is 41.6 Å². The molecular formula is C13H12N2O. The van der Waals surface area contributed by atoms with Gasteiger partial charge in [0.05, 0.1) is 0 Å². The van der Waals surface area contributed by atoms with Crippen LogP contribution in [0.25, 0.3) is 0 Å². The highest BCUT2D eigenvalue weighted by atomic mass is 16.7. The topological polar surface area (TPSA) is 33.3 Å². The zero-order valence-corrected chi connectivity index (χ0v) is 8.79. The number of hydroxylamine groups is 1. The van der Waals surface area contributed by atoms with Crippen LogP contribution < -0.4 is 10.8 Å². The average molecular weight is 212 g/mol. The van der Waals surface area contributed by atoms with Crippen molar-refractivity contribution in [3.05, 3.63) is 47.2 Å². The van der Waals surface area contributed by atoms with Gasteiger partial charge in [-0.15, -0.1) is 0 Å². The molecule has 0 aromatic heterocycles. The molecule has 1 atom stereocenters. The SMILES string of the molecule is C(#Cc1ccccc1)C1=C2CCNC2ON1. The van der Waals surface area contributed by atoms with Gasteiger partial charge in [0, 0.05) is 17.7 Å². The molecule has 1 unspecified atom stereocenters. The predicted molar refractivity (Wildman–Crippen MR) is 61.0 cm³/mol. The molecule has 1 aromatic rings. The average Bonchev–Trinajstić information content (AvgIpc) is 2.90. The molecule has 2 N–H and O–H groups in total. The van der Waals surface area contributed by atoms with Gasteiger partial charge in [-0.25, -0.2) is 0 Å². The first-order valence-electron chi connectivity index (χ1n) is 5.38. The molecule has 16 heavy (non-hydrogen) atoms. The van der Waals surface area contributed by atoms with Gasteiger partial charge in [0.2, 0.25) is 0 Å². The summed E-state index contributed by atoms with van der Waals surface area (Å²) in [5, 5.41) is 3.24. The molecule has 1 aromatic carbocycles. The second-order valence-corrected chi connectivity index (χ2v) is 3.82. The molecule has 2 aliphatic heterocycles. The normalized spacial score (nSPS) is 22.4. The van der Waals surface area contributed by atoms with Crippen molar-refractivity contribution in [2.24, 2.45) is 0 Å². The summed E-state index contributed by atoms with van der Waals surface area (Å²) in [5.41, 5.74) is 6.05. The van der Waals surface area contributed by atoms with E-state index in [9.17, 15) is 0 Å². The lowest BCUT2D eigenvalue weighted by molar-refractivity contribution is 0.0299. The molecular weight excluding hydrogens is 200 g/mol. The Kier molecular flexibility index (Phi) is 2.37. The Morgan fingerprint density at radius 1 is 1.19 bits per heavy atom. The highest BCUT2D eigenvalue weighted by Crippen LogP contribution is 2.22. The van der Waals surface area contributed by atoms with Crippen LogP contribution in [0.4, 0.5) is 0 Å². The number of allylic oxidation sites excluding steroid dienone is 1. The molecule has 3 heteroatoms. The third kappa shape index (κ3) is 1.69. The van der Waals surface area contributed by atoms with Gasteiger partial charge in [-0.2, -0.15) is 0 Å². The molecule has 80 valence electrons. The highest BCUT2D eigenvalue weighted by molar-refractivity contribution is 5.43. The van der Waals surface area contributed by atoms with E-state index < -0.39 is 0 Å². The Morgan fingerprint density at radius 2 is 2.06 bits per heavy atom. The fraction of sp³-hybridized carbons (Fsp3) is 0.231. The molecule has 3 nitrogen and oxygen atoms in total. The summed E-state index contributed by atoms with van der Waals surface area (Å²) in [6, 6.07) is 9.96. The molecule has 2 heterocycles. The van der Waals surface area contributed by atoms with Gasteiger partial charge >= 0.3 is 0 Å². The fourth-order valence-electron chi connectivity index (χ4n) is 1.91. The molecule has 1 saturated heterocycles. The minimum atomic E-state index is 0.0278. The Morgan fingerprint density at radius 3 is 2.94 bits per heavy atom. The third-order valence-electron chi connectivity index (χ3n) is 2.75. The second-order valence-electron chi connectivity index (χ2n) is 3.82. The molecule has 0 saturated carbocycles. The molecule has 0 radical (unpaired) electrons. The number of nitrogens with one attached hydrogen (secondary N) is 2. The van der Waals surface area contributed by atoms with Gasteiger partial charge < -0.3 is 0 Å². The van der Waals surface area contributed by atoms with Crippen LogP contribution in [0.2, 0.25) is 0 Å². The standard InChI is InChI=1S/C13H12N2O/c1-2-4-10(5-3-1)6-7-12-11-8-9-14-13(11)16-15-12/h1-5,13-15H,8-9H2. The smallest absolute Gasteiger partial charge is 0.160 e. The molecule has 0 bridgehead atoms. The van der Waals surface area contributed by atoms with Gasteiger partial charge in [0.15, 0.2) is 6.23 Å². The summed E-state index contributed by atoms with van der Waals surface area (Å²) in [5.74, 6) is 6.24. The summed E-state index contributed by atoms with van der Waals surface area (Å²) in [4.78, 5) is 5.34. The molecule has 2 aliphatic rings. The first-order valence-corrected chi connectivity index (χ1v) is 5.38. The minimum Gasteiger partial charge on any atom is -0.286 e. The first-order chi connectivity index (χ1) is 7.93. The Hall–Kier alpha value is -1.76. The highest BCUT2D eigenvalue weighted by Gasteiger charge is 2.29. The van der Waals surface area contributed by atoms with Crippen molar-refractivity contribution in [2.75, 3.05) is 6.54 Å². The summed E-state index contributed by atoms with van der Waals surface area (Å²) in [7, 11) is 0. The van der Waals surface area contributed by atoms with E-state index >= 15 is 0 Å². The number of hydrogen-bond acceptors (Lipinski definition) is 3. The zero-order valence-electron chi connectivity index (χ0n) is 8.79. The van der Waals surface area contributed by atoms with E-state index in [1.165, 1.54) is 5.57 Å². The van der Waals surface area contributed by atoms with Crippen molar-refractivity contribution in [3.8, 4) is 11.8 Å². The maximum absolute atomic E-state index is 5.34. The second kappa shape index (κ2) is 4.01. The number of rotatable bonds is 0. The molecule has 3 rings (SSSR count). The third-order valence-corrected chi connectivity index (χ3v) is 2.75. The van der Waals surface area contributed by atoms with Crippen molar-refractivity contribution < 1.29 is 4.84 Å². The lowest BCUT2D eigenvalue weighted by atomic mass is 10.1. The maximum atomic E-state index is 5.34. The summed E-state index contributed by atoms with van der Waals surface area (Å²) < 4.78 is 0. The van der Waals surface area contributed by atoms with Gasteiger partial charge in [0.25, 0.3) is 0 Å². The number of fused-ring (bicyclic) bond motifs is 1. The van der Waals surface area contributed by atoms with E-state index in [1.54, 1.807) is 0 Å². The number of hydrogen-bond donors (Lipinski definition) is 2. The van der Waals surface area contributed by atoms with Crippen LogP contribution in [0, 0.1) is 11.8 Å². The molecule has 1 fully saturated rings. The monoisotopic (exact) mass is 212 g/mol.